The number of anilines is 1. The summed E-state index contributed by atoms with van der Waals surface area (Å²) in [5, 5.41) is 8.10. The van der Waals surface area contributed by atoms with Crippen LogP contribution in [0.5, 0.6) is 0 Å². The smallest absolute Gasteiger partial charge is 0.257 e. The van der Waals surface area contributed by atoms with Crippen molar-refractivity contribution in [3.8, 4) is 11.3 Å². The molecule has 3 rings (SSSR count). The van der Waals surface area contributed by atoms with Gasteiger partial charge in [0.15, 0.2) is 17.5 Å². The van der Waals surface area contributed by atoms with Crippen molar-refractivity contribution in [3.63, 3.8) is 0 Å². The monoisotopic (exact) mass is 407 g/mol. The number of rotatable bonds is 5. The van der Waals surface area contributed by atoms with Gasteiger partial charge in [0.25, 0.3) is 5.91 Å². The van der Waals surface area contributed by atoms with Gasteiger partial charge in [0.05, 0.1) is 12.2 Å². The Morgan fingerprint density at radius 1 is 1.00 bits per heavy atom. The summed E-state index contributed by atoms with van der Waals surface area (Å²) in [7, 11) is 0. The van der Waals surface area contributed by atoms with Gasteiger partial charge in [-0.1, -0.05) is 5.16 Å². The van der Waals surface area contributed by atoms with Gasteiger partial charge in [-0.2, -0.15) is 0 Å². The summed E-state index contributed by atoms with van der Waals surface area (Å²) in [6, 6.07) is 6.69. The van der Waals surface area contributed by atoms with Crippen LogP contribution in [0.4, 0.5) is 23.2 Å². The maximum absolute atomic E-state index is 13.6. The summed E-state index contributed by atoms with van der Waals surface area (Å²) in [5.74, 6) is -6.58. The summed E-state index contributed by atoms with van der Waals surface area (Å²) in [6.07, 6.45) is 0. The lowest BCUT2D eigenvalue weighted by Gasteiger charge is -2.09. The van der Waals surface area contributed by atoms with E-state index in [1.165, 1.54) is 31.2 Å². The highest BCUT2D eigenvalue weighted by atomic mass is 19.2. The van der Waals surface area contributed by atoms with E-state index >= 15 is 0 Å². The predicted molar refractivity (Wildman–Crippen MR) is 93.9 cm³/mol. The summed E-state index contributed by atoms with van der Waals surface area (Å²) in [5.41, 5.74) is 0.0218. The SMILES string of the molecule is Cc1onc(-c2ccc(F)cc2)c1C(=O)NCC(=O)Nc1ccc(F)c(F)c1F. The highest BCUT2D eigenvalue weighted by Crippen LogP contribution is 2.25. The van der Waals surface area contributed by atoms with E-state index in [1.807, 2.05) is 5.32 Å². The number of halogens is 4. The summed E-state index contributed by atoms with van der Waals surface area (Å²) in [4.78, 5) is 24.4. The van der Waals surface area contributed by atoms with Gasteiger partial charge in [0.2, 0.25) is 5.91 Å². The molecule has 2 N–H and O–H groups in total. The zero-order valence-electron chi connectivity index (χ0n) is 14.9. The van der Waals surface area contributed by atoms with Gasteiger partial charge < -0.3 is 15.2 Å². The Balaban J connectivity index is 1.70. The fraction of sp³-hybridized carbons (Fsp3) is 0.105. The summed E-state index contributed by atoms with van der Waals surface area (Å²) >= 11 is 0. The fourth-order valence-corrected chi connectivity index (χ4v) is 2.51. The van der Waals surface area contributed by atoms with E-state index in [-0.39, 0.29) is 17.0 Å². The van der Waals surface area contributed by atoms with Gasteiger partial charge >= 0.3 is 0 Å². The maximum atomic E-state index is 13.6. The molecule has 0 bridgehead atoms. The Bertz CT molecular complexity index is 1080. The van der Waals surface area contributed by atoms with Crippen molar-refractivity contribution in [1.82, 2.24) is 10.5 Å². The van der Waals surface area contributed by atoms with Crippen LogP contribution >= 0.6 is 0 Å². The molecule has 1 heterocycles. The first-order chi connectivity index (χ1) is 13.8. The largest absolute Gasteiger partial charge is 0.360 e. The number of aryl methyl sites for hydroxylation is 1. The molecule has 0 fully saturated rings. The quantitative estimate of drug-likeness (QED) is 0.500. The average Bonchev–Trinajstić information content (AvgIpc) is 3.08. The van der Waals surface area contributed by atoms with Crippen molar-refractivity contribution in [2.45, 2.75) is 6.92 Å². The number of hydrogen-bond acceptors (Lipinski definition) is 4. The third-order valence-corrected chi connectivity index (χ3v) is 3.93. The molecule has 0 radical (unpaired) electrons. The molecule has 2 amide bonds. The lowest BCUT2D eigenvalue weighted by Crippen LogP contribution is -2.33. The number of nitrogens with zero attached hydrogens (tertiary/aromatic N) is 1. The molecule has 2 aromatic carbocycles. The Labute approximate surface area is 161 Å². The molecule has 3 aromatic rings. The predicted octanol–water partition coefficient (Wildman–Crippen LogP) is 3.57. The van der Waals surface area contributed by atoms with Crippen LogP contribution in [0.3, 0.4) is 0 Å². The third-order valence-electron chi connectivity index (χ3n) is 3.93. The Hall–Kier alpha value is -3.69. The first kappa shape index (κ1) is 20.1. The van der Waals surface area contributed by atoms with Crippen LogP contribution in [-0.2, 0) is 4.79 Å². The number of nitrogens with one attached hydrogen (secondary N) is 2. The van der Waals surface area contributed by atoms with Crippen molar-refractivity contribution in [2.75, 3.05) is 11.9 Å². The van der Waals surface area contributed by atoms with Crippen LogP contribution < -0.4 is 10.6 Å². The van der Waals surface area contributed by atoms with Crippen LogP contribution in [0, 0.1) is 30.2 Å². The lowest BCUT2D eigenvalue weighted by molar-refractivity contribution is -0.115. The van der Waals surface area contributed by atoms with Gasteiger partial charge in [-0.3, -0.25) is 9.59 Å². The average molecular weight is 407 g/mol. The van der Waals surface area contributed by atoms with Gasteiger partial charge in [0.1, 0.15) is 22.8 Å². The molecule has 1 aromatic heterocycles. The molecule has 0 saturated carbocycles. The third kappa shape index (κ3) is 4.26. The van der Waals surface area contributed by atoms with Crippen LogP contribution in [0.15, 0.2) is 40.9 Å². The molecule has 150 valence electrons. The number of amides is 2. The fourth-order valence-electron chi connectivity index (χ4n) is 2.51. The topological polar surface area (TPSA) is 84.2 Å². The van der Waals surface area contributed by atoms with Crippen molar-refractivity contribution in [1.29, 1.82) is 0 Å². The van der Waals surface area contributed by atoms with E-state index in [1.54, 1.807) is 0 Å². The number of hydrogen-bond donors (Lipinski definition) is 2. The van der Waals surface area contributed by atoms with Crippen LogP contribution in [0.2, 0.25) is 0 Å². The molecular formula is C19H13F4N3O3. The van der Waals surface area contributed by atoms with E-state index in [2.05, 4.69) is 10.5 Å². The molecule has 29 heavy (non-hydrogen) atoms. The minimum atomic E-state index is -1.73. The van der Waals surface area contributed by atoms with Crippen LogP contribution in [0.25, 0.3) is 11.3 Å². The zero-order valence-corrected chi connectivity index (χ0v) is 14.9. The number of carbonyl (C=O) groups is 2. The van der Waals surface area contributed by atoms with E-state index < -0.39 is 47.3 Å². The second kappa shape index (κ2) is 8.13. The molecule has 0 aliphatic rings. The molecular weight excluding hydrogens is 394 g/mol. The molecule has 0 atom stereocenters. The van der Waals surface area contributed by atoms with Crippen molar-refractivity contribution in [2.24, 2.45) is 0 Å². The highest BCUT2D eigenvalue weighted by molar-refractivity contribution is 6.03. The number of carbonyl (C=O) groups excluding carboxylic acids is 2. The maximum Gasteiger partial charge on any atom is 0.257 e. The second-order valence-electron chi connectivity index (χ2n) is 5.92. The summed E-state index contributed by atoms with van der Waals surface area (Å²) in [6.45, 7) is 0.885. The molecule has 6 nitrogen and oxygen atoms in total. The molecule has 0 spiro atoms. The molecule has 0 unspecified atom stereocenters. The molecule has 10 heteroatoms. The van der Waals surface area contributed by atoms with Gasteiger partial charge in [0, 0.05) is 5.56 Å². The normalized spacial score (nSPS) is 10.7. The minimum absolute atomic E-state index is 0.0309. The van der Waals surface area contributed by atoms with Gasteiger partial charge in [-0.05, 0) is 43.3 Å². The van der Waals surface area contributed by atoms with E-state index in [9.17, 15) is 27.2 Å². The van der Waals surface area contributed by atoms with Crippen molar-refractivity contribution in [3.05, 3.63) is 71.0 Å². The summed E-state index contributed by atoms with van der Waals surface area (Å²) < 4.78 is 57.8. The first-order valence-electron chi connectivity index (χ1n) is 8.21. The van der Waals surface area contributed by atoms with E-state index in [0.717, 1.165) is 6.07 Å². The lowest BCUT2D eigenvalue weighted by atomic mass is 10.1. The standard InChI is InChI=1S/C19H13F4N3O3/c1-9-15(18(26-29-9)10-2-4-11(20)5-3-10)19(28)24-8-14(27)25-13-7-6-12(21)16(22)17(13)23/h2-7H,8H2,1H3,(H,24,28)(H,25,27). The second-order valence-corrected chi connectivity index (χ2v) is 5.92. The van der Waals surface area contributed by atoms with E-state index in [0.29, 0.717) is 11.6 Å². The van der Waals surface area contributed by atoms with Crippen LogP contribution in [-0.4, -0.2) is 23.5 Å². The molecule has 0 aliphatic carbocycles. The van der Waals surface area contributed by atoms with Crippen molar-refractivity contribution >= 4 is 17.5 Å². The van der Waals surface area contributed by atoms with Crippen LogP contribution in [0.1, 0.15) is 16.1 Å². The Kier molecular flexibility index (Phi) is 5.62. The highest BCUT2D eigenvalue weighted by Gasteiger charge is 2.22. The molecule has 0 aliphatic heterocycles. The minimum Gasteiger partial charge on any atom is -0.360 e. The Morgan fingerprint density at radius 2 is 1.69 bits per heavy atom. The molecule has 0 saturated heterocycles. The first-order valence-corrected chi connectivity index (χ1v) is 8.21. The van der Waals surface area contributed by atoms with Gasteiger partial charge in [-0.15, -0.1) is 0 Å². The number of aromatic nitrogens is 1. The van der Waals surface area contributed by atoms with Crippen molar-refractivity contribution < 1.29 is 31.7 Å². The Morgan fingerprint density at radius 3 is 2.38 bits per heavy atom. The number of benzene rings is 2. The van der Waals surface area contributed by atoms with Gasteiger partial charge in [-0.25, -0.2) is 17.6 Å². The zero-order chi connectivity index (χ0) is 21.1. The van der Waals surface area contributed by atoms with E-state index in [4.69, 9.17) is 4.52 Å².